The molecule has 0 saturated carbocycles. The van der Waals surface area contributed by atoms with E-state index >= 15 is 0 Å². The van der Waals surface area contributed by atoms with Crippen LogP contribution in [0.4, 0.5) is 4.39 Å². The van der Waals surface area contributed by atoms with E-state index in [1.54, 1.807) is 24.3 Å². The summed E-state index contributed by atoms with van der Waals surface area (Å²) in [5.41, 5.74) is 3.40. The maximum atomic E-state index is 13.6. The second-order valence-corrected chi connectivity index (χ2v) is 6.40. The summed E-state index contributed by atoms with van der Waals surface area (Å²) in [6.45, 7) is 2.09. The second kappa shape index (κ2) is 8.12. The van der Waals surface area contributed by atoms with Gasteiger partial charge in [0.25, 0.3) is 0 Å². The normalized spacial score (nSPS) is 10.7. The van der Waals surface area contributed by atoms with Crippen molar-refractivity contribution in [3.05, 3.63) is 64.6 Å². The number of benzene rings is 2. The number of halogens is 1. The van der Waals surface area contributed by atoms with Gasteiger partial charge in [0, 0.05) is 23.1 Å². The zero-order chi connectivity index (χ0) is 20.3. The van der Waals surface area contributed by atoms with E-state index in [4.69, 9.17) is 9.47 Å². The van der Waals surface area contributed by atoms with Crippen LogP contribution in [0.15, 0.2) is 36.4 Å². The second-order valence-electron chi connectivity index (χ2n) is 6.40. The maximum absolute atomic E-state index is 13.6. The smallest absolute Gasteiger partial charge is 0.341 e. The van der Waals surface area contributed by atoms with Crippen LogP contribution in [0, 0.1) is 12.7 Å². The van der Waals surface area contributed by atoms with Crippen LogP contribution in [0.2, 0.25) is 0 Å². The molecule has 7 heteroatoms. The van der Waals surface area contributed by atoms with Gasteiger partial charge in [0.1, 0.15) is 17.1 Å². The molecule has 0 radical (unpaired) electrons. The Morgan fingerprint density at radius 3 is 2.64 bits per heavy atom. The average Bonchev–Trinajstić information content (AvgIpc) is 3.00. The molecule has 0 unspecified atom stereocenters. The fourth-order valence-electron chi connectivity index (χ4n) is 3.14. The summed E-state index contributed by atoms with van der Waals surface area (Å²) in [5, 5.41) is 3.53. The highest BCUT2D eigenvalue weighted by molar-refractivity contribution is 5.93. The maximum Gasteiger partial charge on any atom is 0.341 e. The van der Waals surface area contributed by atoms with Gasteiger partial charge in [-0.3, -0.25) is 4.79 Å². The molecule has 146 valence electrons. The lowest BCUT2D eigenvalue weighted by atomic mass is 10.1. The van der Waals surface area contributed by atoms with Gasteiger partial charge in [0.15, 0.2) is 0 Å². The average molecular weight is 384 g/mol. The minimum atomic E-state index is -0.513. The van der Waals surface area contributed by atoms with Crippen LogP contribution >= 0.6 is 0 Å². The van der Waals surface area contributed by atoms with Gasteiger partial charge in [-0.1, -0.05) is 6.07 Å². The molecule has 0 aliphatic heterocycles. The quantitative estimate of drug-likeness (QED) is 0.639. The van der Waals surface area contributed by atoms with Crippen molar-refractivity contribution in [3.8, 4) is 5.75 Å². The molecule has 6 nitrogen and oxygen atoms in total. The molecule has 1 heterocycles. The van der Waals surface area contributed by atoms with Gasteiger partial charge in [0.05, 0.1) is 20.6 Å². The molecule has 0 aliphatic rings. The standard InChI is InChI=1S/C21H21FN2O4/c1-12-15(16-9-14(22)5-6-18(16)24-12)10-20(25)23-11-13-4-7-19(27-2)17(8-13)21(26)28-3/h4-9,24H,10-11H2,1-3H3,(H,23,25). The Balaban J connectivity index is 1.72. The van der Waals surface area contributed by atoms with Crippen molar-refractivity contribution in [3.63, 3.8) is 0 Å². The first kappa shape index (κ1) is 19.4. The fraction of sp³-hybridized carbons (Fsp3) is 0.238. The first-order valence-corrected chi connectivity index (χ1v) is 8.71. The number of ether oxygens (including phenoxy) is 2. The van der Waals surface area contributed by atoms with Crippen LogP contribution < -0.4 is 10.1 Å². The third-order valence-corrected chi connectivity index (χ3v) is 4.58. The van der Waals surface area contributed by atoms with Crippen LogP contribution in [0.3, 0.4) is 0 Å². The Morgan fingerprint density at radius 1 is 1.14 bits per heavy atom. The predicted molar refractivity (Wildman–Crippen MR) is 103 cm³/mol. The molecule has 0 spiro atoms. The molecule has 0 atom stereocenters. The molecular formula is C21H21FN2O4. The van der Waals surface area contributed by atoms with E-state index in [0.717, 1.165) is 22.3 Å². The lowest BCUT2D eigenvalue weighted by molar-refractivity contribution is -0.120. The summed E-state index contributed by atoms with van der Waals surface area (Å²) in [6.07, 6.45) is 0.120. The molecule has 28 heavy (non-hydrogen) atoms. The molecule has 2 N–H and O–H groups in total. The number of esters is 1. The minimum absolute atomic E-state index is 0.120. The third-order valence-electron chi connectivity index (χ3n) is 4.58. The molecule has 0 aliphatic carbocycles. The van der Waals surface area contributed by atoms with E-state index in [1.165, 1.54) is 26.4 Å². The number of aryl methyl sites for hydroxylation is 1. The topological polar surface area (TPSA) is 80.4 Å². The highest BCUT2D eigenvalue weighted by Crippen LogP contribution is 2.24. The molecule has 3 aromatic rings. The Kier molecular flexibility index (Phi) is 5.63. The molecule has 3 rings (SSSR count). The van der Waals surface area contributed by atoms with E-state index in [2.05, 4.69) is 10.3 Å². The van der Waals surface area contributed by atoms with E-state index in [0.29, 0.717) is 16.7 Å². The monoisotopic (exact) mass is 384 g/mol. The molecule has 0 bridgehead atoms. The number of hydrogen-bond acceptors (Lipinski definition) is 4. The summed E-state index contributed by atoms with van der Waals surface area (Å²) in [7, 11) is 2.76. The van der Waals surface area contributed by atoms with Gasteiger partial charge < -0.3 is 19.8 Å². The van der Waals surface area contributed by atoms with E-state index < -0.39 is 5.97 Å². The van der Waals surface area contributed by atoms with E-state index in [9.17, 15) is 14.0 Å². The number of methoxy groups -OCH3 is 2. The summed E-state index contributed by atoms with van der Waals surface area (Å²) in [6, 6.07) is 9.50. The Labute approximate surface area is 161 Å². The summed E-state index contributed by atoms with van der Waals surface area (Å²) in [4.78, 5) is 27.4. The lowest BCUT2D eigenvalue weighted by Crippen LogP contribution is -2.25. The van der Waals surface area contributed by atoms with Gasteiger partial charge in [-0.25, -0.2) is 9.18 Å². The molecule has 2 aromatic carbocycles. The molecule has 0 saturated heterocycles. The first-order valence-electron chi connectivity index (χ1n) is 8.71. The zero-order valence-corrected chi connectivity index (χ0v) is 15.9. The van der Waals surface area contributed by atoms with Crippen molar-refractivity contribution in [2.75, 3.05) is 14.2 Å². The van der Waals surface area contributed by atoms with Crippen LogP contribution in [0.25, 0.3) is 10.9 Å². The molecular weight excluding hydrogens is 363 g/mol. The van der Waals surface area contributed by atoms with Crippen molar-refractivity contribution in [2.45, 2.75) is 19.9 Å². The number of amides is 1. The van der Waals surface area contributed by atoms with Crippen molar-refractivity contribution >= 4 is 22.8 Å². The van der Waals surface area contributed by atoms with Gasteiger partial charge >= 0.3 is 5.97 Å². The number of carbonyl (C=O) groups is 2. The predicted octanol–water partition coefficient (Wildman–Crippen LogP) is 3.27. The third kappa shape index (κ3) is 3.98. The number of rotatable bonds is 6. The van der Waals surface area contributed by atoms with Crippen molar-refractivity contribution < 1.29 is 23.5 Å². The van der Waals surface area contributed by atoms with Crippen LogP contribution in [0.1, 0.15) is 27.2 Å². The number of nitrogens with one attached hydrogen (secondary N) is 2. The molecule has 0 fully saturated rings. The van der Waals surface area contributed by atoms with Gasteiger partial charge in [-0.05, 0) is 48.4 Å². The van der Waals surface area contributed by atoms with Crippen molar-refractivity contribution in [1.29, 1.82) is 0 Å². The molecule has 1 amide bonds. The largest absolute Gasteiger partial charge is 0.496 e. The van der Waals surface area contributed by atoms with E-state index in [1.807, 2.05) is 6.92 Å². The highest BCUT2D eigenvalue weighted by atomic mass is 19.1. The number of carbonyl (C=O) groups excluding carboxylic acids is 2. The van der Waals surface area contributed by atoms with Crippen LogP contribution in [-0.2, 0) is 22.5 Å². The summed E-state index contributed by atoms with van der Waals surface area (Å²) >= 11 is 0. The SMILES string of the molecule is COC(=O)c1cc(CNC(=O)Cc2c(C)[nH]c3ccc(F)cc23)ccc1OC. The lowest BCUT2D eigenvalue weighted by Gasteiger charge is -2.10. The zero-order valence-electron chi connectivity index (χ0n) is 15.9. The van der Waals surface area contributed by atoms with Gasteiger partial charge in [0.2, 0.25) is 5.91 Å². The minimum Gasteiger partial charge on any atom is -0.496 e. The number of aromatic nitrogens is 1. The number of H-pyrrole nitrogens is 1. The summed E-state index contributed by atoms with van der Waals surface area (Å²) in [5.74, 6) is -0.662. The van der Waals surface area contributed by atoms with Crippen molar-refractivity contribution in [1.82, 2.24) is 10.3 Å². The number of aromatic amines is 1. The fourth-order valence-corrected chi connectivity index (χ4v) is 3.14. The highest BCUT2D eigenvalue weighted by Gasteiger charge is 2.15. The first-order chi connectivity index (χ1) is 13.4. The Hall–Kier alpha value is -3.35. The Morgan fingerprint density at radius 2 is 1.93 bits per heavy atom. The van der Waals surface area contributed by atoms with E-state index in [-0.39, 0.29) is 24.7 Å². The van der Waals surface area contributed by atoms with Gasteiger partial charge in [-0.2, -0.15) is 0 Å². The molecule has 1 aromatic heterocycles. The number of fused-ring (bicyclic) bond motifs is 1. The number of hydrogen-bond donors (Lipinski definition) is 2. The summed E-state index contributed by atoms with van der Waals surface area (Å²) < 4.78 is 23.5. The van der Waals surface area contributed by atoms with Gasteiger partial charge in [-0.15, -0.1) is 0 Å². The van der Waals surface area contributed by atoms with Crippen molar-refractivity contribution in [2.24, 2.45) is 0 Å². The van der Waals surface area contributed by atoms with Crippen LogP contribution in [0.5, 0.6) is 5.75 Å². The van der Waals surface area contributed by atoms with Crippen LogP contribution in [-0.4, -0.2) is 31.1 Å². The Bertz CT molecular complexity index is 1040.